The first-order valence-electron chi connectivity index (χ1n) is 8.56. The van der Waals surface area contributed by atoms with E-state index in [1.54, 1.807) is 6.20 Å². The summed E-state index contributed by atoms with van der Waals surface area (Å²) in [5.74, 6) is 1.05. The van der Waals surface area contributed by atoms with Crippen molar-refractivity contribution in [1.29, 1.82) is 5.26 Å². The molecule has 1 saturated heterocycles. The molecule has 2 aliphatic heterocycles. The number of nitrogens with zero attached hydrogens (tertiary/aromatic N) is 3. The molecule has 4 rings (SSSR count). The number of allylic oxidation sites excluding steroid dienone is 2. The van der Waals surface area contributed by atoms with Crippen molar-refractivity contribution in [3.05, 3.63) is 57.9 Å². The summed E-state index contributed by atoms with van der Waals surface area (Å²) in [6.45, 7) is 2.09. The van der Waals surface area contributed by atoms with Crippen LogP contribution in [0.15, 0.2) is 41.7 Å². The molecule has 5 nitrogen and oxygen atoms in total. The summed E-state index contributed by atoms with van der Waals surface area (Å²) in [7, 11) is 2.14. The Kier molecular flexibility index (Phi) is 4.24. The number of benzene rings is 1. The summed E-state index contributed by atoms with van der Waals surface area (Å²) in [6.07, 6.45) is 3.88. The van der Waals surface area contributed by atoms with Gasteiger partial charge in [0.1, 0.15) is 5.82 Å². The highest BCUT2D eigenvalue weighted by molar-refractivity contribution is 6.31. The molecule has 1 fully saturated rings. The zero-order valence-electron chi connectivity index (χ0n) is 14.1. The molecule has 25 heavy (non-hydrogen) atoms. The van der Waals surface area contributed by atoms with Crippen LogP contribution in [0.3, 0.4) is 0 Å². The van der Waals surface area contributed by atoms with Crippen molar-refractivity contribution in [2.45, 2.75) is 18.8 Å². The van der Waals surface area contributed by atoms with E-state index in [0.29, 0.717) is 10.9 Å². The van der Waals surface area contributed by atoms with Gasteiger partial charge in [-0.25, -0.2) is 0 Å². The smallest absolute Gasteiger partial charge is 0.129 e. The standard InChI is InChI=1S/C19H20ClN5/c1-25-8-6-12(7-9-25)18-14(10-21)17(13-4-2-3-5-16(13)20)15-11-22-24-19(15)23-18/h2-5,11-12,17H,6-9H2,1H3,(H2,22,23,24). The predicted octanol–water partition coefficient (Wildman–Crippen LogP) is 3.74. The van der Waals surface area contributed by atoms with Crippen molar-refractivity contribution in [3.63, 3.8) is 0 Å². The van der Waals surface area contributed by atoms with Crippen molar-refractivity contribution in [1.82, 2.24) is 15.1 Å². The van der Waals surface area contributed by atoms with Crippen molar-refractivity contribution < 1.29 is 0 Å². The summed E-state index contributed by atoms with van der Waals surface area (Å²) in [4.78, 5) is 2.33. The first-order valence-corrected chi connectivity index (χ1v) is 8.94. The maximum absolute atomic E-state index is 10.00. The van der Waals surface area contributed by atoms with Crippen LogP contribution in [0.4, 0.5) is 5.82 Å². The van der Waals surface area contributed by atoms with Crippen molar-refractivity contribution in [2.24, 2.45) is 5.92 Å². The first kappa shape index (κ1) is 16.2. The number of likely N-dealkylation sites (tertiary alicyclic amines) is 1. The van der Waals surface area contributed by atoms with Gasteiger partial charge in [0.05, 0.1) is 23.8 Å². The van der Waals surface area contributed by atoms with E-state index in [2.05, 4.69) is 33.5 Å². The van der Waals surface area contributed by atoms with Gasteiger partial charge >= 0.3 is 0 Å². The molecule has 0 saturated carbocycles. The summed E-state index contributed by atoms with van der Waals surface area (Å²) in [5, 5.41) is 21.4. The van der Waals surface area contributed by atoms with Crippen LogP contribution in [0.2, 0.25) is 5.02 Å². The zero-order valence-corrected chi connectivity index (χ0v) is 14.8. The number of aromatic amines is 1. The molecule has 0 amide bonds. The molecular weight excluding hydrogens is 334 g/mol. The van der Waals surface area contributed by atoms with E-state index in [4.69, 9.17) is 11.6 Å². The molecule has 0 bridgehead atoms. The maximum Gasteiger partial charge on any atom is 0.129 e. The van der Waals surface area contributed by atoms with Gasteiger partial charge in [-0.15, -0.1) is 0 Å². The average molecular weight is 354 g/mol. The fourth-order valence-electron chi connectivity index (χ4n) is 3.90. The van der Waals surface area contributed by atoms with Gasteiger partial charge < -0.3 is 10.2 Å². The normalized spacial score (nSPS) is 21.6. The summed E-state index contributed by atoms with van der Waals surface area (Å²) in [6, 6.07) is 10.2. The van der Waals surface area contributed by atoms with Crippen LogP contribution in [0.25, 0.3) is 0 Å². The topological polar surface area (TPSA) is 67.7 Å². The Hall–Kier alpha value is -2.29. The summed E-state index contributed by atoms with van der Waals surface area (Å²) >= 11 is 6.48. The lowest BCUT2D eigenvalue weighted by atomic mass is 9.79. The average Bonchev–Trinajstić information content (AvgIpc) is 3.10. The number of nitriles is 1. The molecule has 0 aliphatic carbocycles. The molecule has 1 aromatic heterocycles. The van der Waals surface area contributed by atoms with Gasteiger partial charge in [-0.05, 0) is 44.6 Å². The number of rotatable bonds is 2. The Morgan fingerprint density at radius 3 is 2.72 bits per heavy atom. The molecule has 2 aliphatic rings. The molecule has 0 radical (unpaired) electrons. The van der Waals surface area contributed by atoms with E-state index < -0.39 is 0 Å². The molecular formula is C19H20ClN5. The predicted molar refractivity (Wildman–Crippen MR) is 98.4 cm³/mol. The Morgan fingerprint density at radius 2 is 2.00 bits per heavy atom. The lowest BCUT2D eigenvalue weighted by molar-refractivity contribution is 0.238. The van der Waals surface area contributed by atoms with E-state index in [9.17, 15) is 5.26 Å². The number of hydrogen-bond acceptors (Lipinski definition) is 4. The van der Waals surface area contributed by atoms with E-state index in [-0.39, 0.29) is 5.92 Å². The van der Waals surface area contributed by atoms with Crippen molar-refractivity contribution in [2.75, 3.05) is 25.5 Å². The Bertz CT molecular complexity index is 855. The molecule has 2 aromatic rings. The van der Waals surface area contributed by atoms with Gasteiger partial charge in [0, 0.05) is 22.2 Å². The van der Waals surface area contributed by atoms with Crippen LogP contribution in [0, 0.1) is 17.2 Å². The third-order valence-corrected chi connectivity index (χ3v) is 5.63. The fraction of sp³-hybridized carbons (Fsp3) is 0.368. The van der Waals surface area contributed by atoms with Crippen molar-refractivity contribution in [3.8, 4) is 6.07 Å². The fourth-order valence-corrected chi connectivity index (χ4v) is 4.15. The van der Waals surface area contributed by atoms with Gasteiger partial charge in [0.25, 0.3) is 0 Å². The second-order valence-electron chi connectivity index (χ2n) is 6.80. The SMILES string of the molecule is CN1CCC(C2=C(C#N)C(c3ccccc3Cl)c3cn[nH]c3N2)CC1. The second-order valence-corrected chi connectivity index (χ2v) is 7.20. The maximum atomic E-state index is 10.00. The number of fused-ring (bicyclic) bond motifs is 1. The Labute approximate surface area is 152 Å². The largest absolute Gasteiger partial charge is 0.343 e. The number of anilines is 1. The van der Waals surface area contributed by atoms with Gasteiger partial charge in [0.2, 0.25) is 0 Å². The van der Waals surface area contributed by atoms with E-state index in [1.807, 2.05) is 24.3 Å². The number of aromatic nitrogens is 2. The molecule has 128 valence electrons. The third kappa shape index (κ3) is 2.82. The van der Waals surface area contributed by atoms with Gasteiger partial charge in [0.15, 0.2) is 0 Å². The van der Waals surface area contributed by atoms with Gasteiger partial charge in [-0.3, -0.25) is 5.10 Å². The summed E-state index contributed by atoms with van der Waals surface area (Å²) < 4.78 is 0. The molecule has 1 unspecified atom stereocenters. The van der Waals surface area contributed by atoms with Crippen LogP contribution in [0.5, 0.6) is 0 Å². The van der Waals surface area contributed by atoms with Gasteiger partial charge in [-0.2, -0.15) is 10.4 Å². The summed E-state index contributed by atoms with van der Waals surface area (Å²) in [5.41, 5.74) is 3.71. The highest BCUT2D eigenvalue weighted by atomic mass is 35.5. The monoisotopic (exact) mass is 353 g/mol. The van der Waals surface area contributed by atoms with E-state index in [1.165, 1.54) is 0 Å². The first-order chi connectivity index (χ1) is 12.2. The van der Waals surface area contributed by atoms with Crippen LogP contribution in [-0.4, -0.2) is 35.2 Å². The van der Waals surface area contributed by atoms with E-state index >= 15 is 0 Å². The molecule has 6 heteroatoms. The number of nitrogens with one attached hydrogen (secondary N) is 2. The lowest BCUT2D eigenvalue weighted by Gasteiger charge is -2.35. The minimum Gasteiger partial charge on any atom is -0.343 e. The molecule has 0 spiro atoms. The van der Waals surface area contributed by atoms with E-state index in [0.717, 1.165) is 54.1 Å². The highest BCUT2D eigenvalue weighted by Crippen LogP contribution is 2.45. The number of piperidine rings is 1. The van der Waals surface area contributed by atoms with Crippen LogP contribution in [0.1, 0.15) is 29.9 Å². The molecule has 3 heterocycles. The number of H-pyrrole nitrogens is 1. The number of halogens is 1. The van der Waals surface area contributed by atoms with Crippen LogP contribution >= 0.6 is 11.6 Å². The minimum atomic E-state index is -0.177. The molecule has 1 atom stereocenters. The van der Waals surface area contributed by atoms with Crippen molar-refractivity contribution >= 4 is 17.4 Å². The van der Waals surface area contributed by atoms with Crippen LogP contribution < -0.4 is 5.32 Å². The minimum absolute atomic E-state index is 0.177. The third-order valence-electron chi connectivity index (χ3n) is 5.28. The second kappa shape index (κ2) is 6.55. The Balaban J connectivity index is 1.83. The quantitative estimate of drug-likeness (QED) is 0.863. The number of hydrogen-bond donors (Lipinski definition) is 2. The van der Waals surface area contributed by atoms with Crippen LogP contribution in [-0.2, 0) is 0 Å². The zero-order chi connectivity index (χ0) is 17.4. The lowest BCUT2D eigenvalue weighted by Crippen LogP contribution is -2.34. The van der Waals surface area contributed by atoms with Gasteiger partial charge in [-0.1, -0.05) is 29.8 Å². The molecule has 1 aromatic carbocycles. The Morgan fingerprint density at radius 1 is 1.24 bits per heavy atom. The highest BCUT2D eigenvalue weighted by Gasteiger charge is 2.35. The molecule has 2 N–H and O–H groups in total.